The number of pyridine rings is 1. The van der Waals surface area contributed by atoms with Gasteiger partial charge in [0.15, 0.2) is 5.75 Å². The van der Waals surface area contributed by atoms with E-state index in [9.17, 15) is 9.90 Å². The molecule has 0 unspecified atom stereocenters. The van der Waals surface area contributed by atoms with Gasteiger partial charge in [0.05, 0.1) is 23.3 Å². The molecule has 2 rings (SSSR count). The molecule has 0 aliphatic rings. The van der Waals surface area contributed by atoms with Gasteiger partial charge in [0.25, 0.3) is 0 Å². The van der Waals surface area contributed by atoms with E-state index in [1.54, 1.807) is 25.1 Å². The van der Waals surface area contributed by atoms with Gasteiger partial charge in [0.2, 0.25) is 0 Å². The number of methoxy groups -OCH3 is 1. The SMILES string of the molecule is COc1c(C)nc2cccc(Cl)c2c1C(=O)O. The molecule has 1 N–H and O–H groups in total. The number of ether oxygens (including phenoxy) is 1. The number of carboxylic acids is 1. The third-order valence-corrected chi connectivity index (χ3v) is 2.82. The first-order valence-electron chi connectivity index (χ1n) is 4.92. The van der Waals surface area contributed by atoms with Crippen LogP contribution in [0.2, 0.25) is 5.02 Å². The van der Waals surface area contributed by atoms with Crippen LogP contribution in [0.3, 0.4) is 0 Å². The number of benzene rings is 1. The van der Waals surface area contributed by atoms with E-state index in [1.165, 1.54) is 7.11 Å². The average molecular weight is 252 g/mol. The van der Waals surface area contributed by atoms with Gasteiger partial charge in [-0.25, -0.2) is 9.78 Å². The van der Waals surface area contributed by atoms with Crippen LogP contribution in [-0.4, -0.2) is 23.2 Å². The van der Waals surface area contributed by atoms with E-state index < -0.39 is 5.97 Å². The molecule has 1 heterocycles. The highest BCUT2D eigenvalue weighted by atomic mass is 35.5. The lowest BCUT2D eigenvalue weighted by atomic mass is 10.1. The van der Waals surface area contributed by atoms with Crippen LogP contribution in [-0.2, 0) is 0 Å². The van der Waals surface area contributed by atoms with Gasteiger partial charge in [-0.15, -0.1) is 0 Å². The predicted octanol–water partition coefficient (Wildman–Crippen LogP) is 2.90. The molecule has 17 heavy (non-hydrogen) atoms. The molecule has 0 aliphatic heterocycles. The summed E-state index contributed by atoms with van der Waals surface area (Å²) in [4.78, 5) is 15.6. The van der Waals surface area contributed by atoms with Crippen molar-refractivity contribution in [1.29, 1.82) is 0 Å². The second-order valence-corrected chi connectivity index (χ2v) is 3.95. The lowest BCUT2D eigenvalue weighted by Crippen LogP contribution is -2.05. The highest BCUT2D eigenvalue weighted by Crippen LogP contribution is 2.33. The fraction of sp³-hybridized carbons (Fsp3) is 0.167. The van der Waals surface area contributed by atoms with Crippen molar-refractivity contribution in [3.8, 4) is 5.75 Å². The molecule has 0 fully saturated rings. The minimum atomic E-state index is -1.08. The molecule has 0 atom stereocenters. The molecule has 88 valence electrons. The molecule has 2 aromatic rings. The normalized spacial score (nSPS) is 10.5. The largest absolute Gasteiger partial charge is 0.494 e. The fourth-order valence-corrected chi connectivity index (χ4v) is 2.10. The second kappa shape index (κ2) is 4.22. The summed E-state index contributed by atoms with van der Waals surface area (Å²) in [6.07, 6.45) is 0. The number of hydrogen-bond donors (Lipinski definition) is 1. The van der Waals surface area contributed by atoms with Crippen LogP contribution in [0, 0.1) is 6.92 Å². The van der Waals surface area contributed by atoms with Crippen molar-refractivity contribution in [1.82, 2.24) is 4.98 Å². The Hall–Kier alpha value is -1.81. The zero-order chi connectivity index (χ0) is 12.6. The summed E-state index contributed by atoms with van der Waals surface area (Å²) in [6, 6.07) is 5.09. The van der Waals surface area contributed by atoms with Crippen LogP contribution in [0.25, 0.3) is 10.9 Å². The number of carbonyl (C=O) groups is 1. The van der Waals surface area contributed by atoms with E-state index in [0.29, 0.717) is 21.6 Å². The number of halogens is 1. The van der Waals surface area contributed by atoms with Crippen LogP contribution in [0.4, 0.5) is 0 Å². The fourth-order valence-electron chi connectivity index (χ4n) is 1.83. The Morgan fingerprint density at radius 3 is 2.76 bits per heavy atom. The van der Waals surface area contributed by atoms with E-state index >= 15 is 0 Å². The summed E-state index contributed by atoms with van der Waals surface area (Å²) in [6.45, 7) is 1.70. The van der Waals surface area contributed by atoms with E-state index in [0.717, 1.165) is 0 Å². The van der Waals surface area contributed by atoms with Crippen LogP contribution in [0.15, 0.2) is 18.2 Å². The number of aromatic carboxylic acids is 1. The molecule has 0 amide bonds. The van der Waals surface area contributed by atoms with Crippen LogP contribution < -0.4 is 4.74 Å². The third kappa shape index (κ3) is 1.80. The van der Waals surface area contributed by atoms with Gasteiger partial charge < -0.3 is 9.84 Å². The Labute approximate surface area is 103 Å². The first-order chi connectivity index (χ1) is 8.06. The number of nitrogens with zero attached hydrogens (tertiary/aromatic N) is 1. The number of fused-ring (bicyclic) bond motifs is 1. The lowest BCUT2D eigenvalue weighted by molar-refractivity contribution is 0.0695. The van der Waals surface area contributed by atoms with Gasteiger partial charge in [0.1, 0.15) is 5.56 Å². The standard InChI is InChI=1S/C12H10ClNO3/c1-6-11(17-2)10(12(15)16)9-7(13)4-3-5-8(9)14-6/h3-5H,1-2H3,(H,15,16). The topological polar surface area (TPSA) is 59.4 Å². The molecule has 1 aromatic heterocycles. The maximum Gasteiger partial charge on any atom is 0.340 e. The number of rotatable bonds is 2. The van der Waals surface area contributed by atoms with E-state index in [1.807, 2.05) is 0 Å². The zero-order valence-electron chi connectivity index (χ0n) is 9.32. The lowest BCUT2D eigenvalue weighted by Gasteiger charge is -2.11. The summed E-state index contributed by atoms with van der Waals surface area (Å²) in [5.41, 5.74) is 1.13. The van der Waals surface area contributed by atoms with Crippen LogP contribution >= 0.6 is 11.6 Å². The van der Waals surface area contributed by atoms with Gasteiger partial charge in [-0.3, -0.25) is 0 Å². The van der Waals surface area contributed by atoms with Crippen molar-refractivity contribution >= 4 is 28.5 Å². The van der Waals surface area contributed by atoms with Crippen molar-refractivity contribution in [2.45, 2.75) is 6.92 Å². The first-order valence-corrected chi connectivity index (χ1v) is 5.30. The van der Waals surface area contributed by atoms with Gasteiger partial charge in [-0.1, -0.05) is 17.7 Å². The molecule has 0 aliphatic carbocycles. The summed E-state index contributed by atoms with van der Waals surface area (Å²) < 4.78 is 5.10. The maximum absolute atomic E-state index is 11.3. The van der Waals surface area contributed by atoms with Gasteiger partial charge >= 0.3 is 5.97 Å². The first kappa shape index (κ1) is 11.7. The van der Waals surface area contributed by atoms with Gasteiger partial charge in [-0.2, -0.15) is 0 Å². The Morgan fingerprint density at radius 1 is 1.47 bits per heavy atom. The molecule has 0 radical (unpaired) electrons. The summed E-state index contributed by atoms with van der Waals surface area (Å²) in [5.74, 6) is -0.830. The number of hydrogen-bond acceptors (Lipinski definition) is 3. The highest BCUT2D eigenvalue weighted by molar-refractivity contribution is 6.36. The van der Waals surface area contributed by atoms with Gasteiger partial charge in [-0.05, 0) is 19.1 Å². The zero-order valence-corrected chi connectivity index (χ0v) is 10.1. The highest BCUT2D eigenvalue weighted by Gasteiger charge is 2.20. The summed E-state index contributed by atoms with van der Waals surface area (Å²) >= 11 is 6.03. The van der Waals surface area contributed by atoms with Gasteiger partial charge in [0, 0.05) is 5.39 Å². The summed E-state index contributed by atoms with van der Waals surface area (Å²) in [5, 5.41) is 10.0. The van der Waals surface area contributed by atoms with Crippen molar-refractivity contribution in [3.63, 3.8) is 0 Å². The third-order valence-electron chi connectivity index (χ3n) is 2.50. The number of carboxylic acid groups (broad SMARTS) is 1. The average Bonchev–Trinajstić information content (AvgIpc) is 2.27. The molecule has 5 heteroatoms. The molecule has 0 bridgehead atoms. The Kier molecular flexibility index (Phi) is 2.90. The molecular formula is C12H10ClNO3. The van der Waals surface area contributed by atoms with Crippen LogP contribution in [0.1, 0.15) is 16.1 Å². The van der Waals surface area contributed by atoms with E-state index in [4.69, 9.17) is 16.3 Å². The number of aryl methyl sites for hydroxylation is 1. The minimum absolute atomic E-state index is 0.0561. The minimum Gasteiger partial charge on any atom is -0.494 e. The predicted molar refractivity (Wildman–Crippen MR) is 65.0 cm³/mol. The molecular weight excluding hydrogens is 242 g/mol. The van der Waals surface area contributed by atoms with Crippen molar-refractivity contribution < 1.29 is 14.6 Å². The summed E-state index contributed by atoms with van der Waals surface area (Å²) in [7, 11) is 1.42. The monoisotopic (exact) mass is 251 g/mol. The maximum atomic E-state index is 11.3. The second-order valence-electron chi connectivity index (χ2n) is 3.54. The smallest absolute Gasteiger partial charge is 0.340 e. The molecule has 4 nitrogen and oxygen atoms in total. The van der Waals surface area contributed by atoms with Crippen molar-refractivity contribution in [2.24, 2.45) is 0 Å². The van der Waals surface area contributed by atoms with Crippen molar-refractivity contribution in [3.05, 3.63) is 34.5 Å². The molecule has 0 saturated carbocycles. The molecule has 0 saturated heterocycles. The van der Waals surface area contributed by atoms with E-state index in [2.05, 4.69) is 4.98 Å². The Morgan fingerprint density at radius 2 is 2.18 bits per heavy atom. The molecule has 0 spiro atoms. The van der Waals surface area contributed by atoms with Crippen LogP contribution in [0.5, 0.6) is 5.75 Å². The molecule has 1 aromatic carbocycles. The Balaban J connectivity index is 3.00. The van der Waals surface area contributed by atoms with Crippen molar-refractivity contribution in [2.75, 3.05) is 7.11 Å². The number of aromatic nitrogens is 1. The van der Waals surface area contributed by atoms with E-state index in [-0.39, 0.29) is 11.3 Å². The Bertz CT molecular complexity index is 610. The quantitative estimate of drug-likeness (QED) is 0.892.